The van der Waals surface area contributed by atoms with Gasteiger partial charge in [-0.25, -0.2) is 4.99 Å². The van der Waals surface area contributed by atoms with Gasteiger partial charge in [0, 0.05) is 24.4 Å². The fourth-order valence-electron chi connectivity index (χ4n) is 2.57. The highest BCUT2D eigenvalue weighted by Crippen LogP contribution is 2.30. The largest absolute Gasteiger partial charge is 0.541 e. The Labute approximate surface area is 150 Å². The predicted molar refractivity (Wildman–Crippen MR) is 104 cm³/mol. The number of hydrogen-bond donors (Lipinski definition) is 0. The molecule has 0 fully saturated rings. The van der Waals surface area contributed by atoms with Crippen molar-refractivity contribution in [3.05, 3.63) is 77.6 Å². The molecule has 0 bridgehead atoms. The first kappa shape index (κ1) is 17.2. The van der Waals surface area contributed by atoms with Gasteiger partial charge in [-0.1, -0.05) is 36.4 Å². The van der Waals surface area contributed by atoms with E-state index in [1.165, 1.54) is 5.56 Å². The fourth-order valence-corrected chi connectivity index (χ4v) is 3.17. The molecule has 5 heteroatoms. The number of hydrogen-bond acceptors (Lipinski definition) is 3. The van der Waals surface area contributed by atoms with Crippen molar-refractivity contribution in [3.63, 3.8) is 0 Å². The molecule has 1 radical (unpaired) electrons. The van der Waals surface area contributed by atoms with E-state index in [4.69, 9.17) is 9.42 Å². The summed E-state index contributed by atoms with van der Waals surface area (Å²) in [6, 6.07) is 16.3. The Morgan fingerprint density at radius 1 is 1.08 bits per heavy atom. The van der Waals surface area contributed by atoms with E-state index in [1.54, 1.807) is 4.68 Å². The van der Waals surface area contributed by atoms with Crippen LogP contribution in [0.2, 0.25) is 13.1 Å². The van der Waals surface area contributed by atoms with Gasteiger partial charge in [0.15, 0.2) is 0 Å². The van der Waals surface area contributed by atoms with E-state index in [-0.39, 0.29) is 0 Å². The van der Waals surface area contributed by atoms with Gasteiger partial charge >= 0.3 is 0 Å². The Morgan fingerprint density at radius 2 is 1.84 bits per heavy atom. The Kier molecular flexibility index (Phi) is 5.14. The van der Waals surface area contributed by atoms with Gasteiger partial charge < -0.3 is 4.43 Å². The Hall–Kier alpha value is -2.66. The molecule has 0 atom stereocenters. The van der Waals surface area contributed by atoms with Crippen molar-refractivity contribution in [2.45, 2.75) is 20.0 Å². The van der Waals surface area contributed by atoms with Gasteiger partial charge in [-0.2, -0.15) is 5.10 Å². The SMILES string of the molecule is Cc1ccc(N=C(c2ccccc2)c2cnn(C)c2)c(O[Si](C)C)c1. The smallest absolute Gasteiger partial charge is 0.274 e. The maximum Gasteiger partial charge on any atom is 0.274 e. The van der Waals surface area contributed by atoms with Crippen LogP contribution in [-0.4, -0.2) is 24.5 Å². The summed E-state index contributed by atoms with van der Waals surface area (Å²) in [6.45, 7) is 6.32. The molecule has 0 aliphatic carbocycles. The van der Waals surface area contributed by atoms with Gasteiger partial charge in [-0.3, -0.25) is 4.68 Å². The third-order valence-electron chi connectivity index (χ3n) is 3.69. The van der Waals surface area contributed by atoms with Gasteiger partial charge in [0.2, 0.25) is 0 Å². The van der Waals surface area contributed by atoms with Crippen molar-refractivity contribution in [3.8, 4) is 5.75 Å². The number of nitrogens with zero attached hydrogens (tertiary/aromatic N) is 3. The lowest BCUT2D eigenvalue weighted by atomic mass is 10.1. The highest BCUT2D eigenvalue weighted by Gasteiger charge is 2.12. The number of aryl methyl sites for hydroxylation is 2. The summed E-state index contributed by atoms with van der Waals surface area (Å²) in [5.74, 6) is 0.844. The summed E-state index contributed by atoms with van der Waals surface area (Å²) < 4.78 is 7.87. The standard InChI is InChI=1S/C20H22N3OSi/c1-15-10-11-18(19(12-15)24-25(3)4)22-20(16-8-6-5-7-9-16)17-13-21-23(2)14-17/h5-14H,1-4H3. The second kappa shape index (κ2) is 7.48. The van der Waals surface area contributed by atoms with Gasteiger partial charge in [0.1, 0.15) is 11.4 Å². The third kappa shape index (κ3) is 4.25. The Bertz CT molecular complexity index is 885. The van der Waals surface area contributed by atoms with Crippen LogP contribution in [0.15, 0.2) is 65.9 Å². The van der Waals surface area contributed by atoms with E-state index in [0.717, 1.165) is 28.3 Å². The normalized spacial score (nSPS) is 11.8. The summed E-state index contributed by atoms with van der Waals surface area (Å²) in [5.41, 5.74) is 4.95. The molecular formula is C20H22N3OSi. The van der Waals surface area contributed by atoms with Crippen LogP contribution in [0, 0.1) is 6.92 Å². The predicted octanol–water partition coefficient (Wildman–Crippen LogP) is 4.53. The number of aliphatic imine (C=N–C) groups is 1. The second-order valence-electron chi connectivity index (χ2n) is 6.21. The lowest BCUT2D eigenvalue weighted by molar-refractivity contribution is 0.581. The van der Waals surface area contributed by atoms with Crippen molar-refractivity contribution in [1.29, 1.82) is 0 Å². The van der Waals surface area contributed by atoms with Crippen LogP contribution in [0.5, 0.6) is 5.75 Å². The fraction of sp³-hybridized carbons (Fsp3) is 0.200. The van der Waals surface area contributed by atoms with E-state index >= 15 is 0 Å². The molecule has 0 saturated heterocycles. The highest BCUT2D eigenvalue weighted by molar-refractivity contribution is 6.49. The summed E-state index contributed by atoms with van der Waals surface area (Å²) >= 11 is 0. The van der Waals surface area contributed by atoms with Crippen molar-refractivity contribution in [2.24, 2.45) is 12.0 Å². The zero-order valence-electron chi connectivity index (χ0n) is 15.0. The monoisotopic (exact) mass is 348 g/mol. The van der Waals surface area contributed by atoms with E-state index in [0.29, 0.717) is 0 Å². The molecule has 0 saturated carbocycles. The minimum Gasteiger partial charge on any atom is -0.541 e. The molecular weight excluding hydrogens is 326 g/mol. The molecule has 3 aromatic rings. The zero-order valence-corrected chi connectivity index (χ0v) is 16.0. The van der Waals surface area contributed by atoms with Crippen LogP contribution in [0.25, 0.3) is 0 Å². The molecule has 2 aromatic carbocycles. The first-order chi connectivity index (χ1) is 12.0. The lowest BCUT2D eigenvalue weighted by Gasteiger charge is -2.13. The summed E-state index contributed by atoms with van der Waals surface area (Å²) in [7, 11) is 1.04. The molecule has 0 N–H and O–H groups in total. The Morgan fingerprint density at radius 3 is 2.48 bits per heavy atom. The molecule has 3 rings (SSSR count). The maximum absolute atomic E-state index is 6.08. The number of rotatable bonds is 5. The molecule has 127 valence electrons. The van der Waals surface area contributed by atoms with Crippen LogP contribution in [0.3, 0.4) is 0 Å². The topological polar surface area (TPSA) is 39.4 Å². The quantitative estimate of drug-likeness (QED) is 0.502. The number of benzene rings is 2. The summed E-state index contributed by atoms with van der Waals surface area (Å²) in [6.07, 6.45) is 3.82. The molecule has 1 heterocycles. The molecule has 1 aromatic heterocycles. The second-order valence-corrected chi connectivity index (χ2v) is 8.23. The molecule has 4 nitrogen and oxygen atoms in total. The maximum atomic E-state index is 6.08. The van der Waals surface area contributed by atoms with Crippen molar-refractivity contribution in [1.82, 2.24) is 9.78 Å². The van der Waals surface area contributed by atoms with E-state index in [9.17, 15) is 0 Å². The van der Waals surface area contributed by atoms with Gasteiger partial charge in [-0.15, -0.1) is 0 Å². The van der Waals surface area contributed by atoms with Crippen molar-refractivity contribution < 1.29 is 4.43 Å². The molecule has 0 aliphatic rings. The molecule has 0 amide bonds. The van der Waals surface area contributed by atoms with Crippen LogP contribution < -0.4 is 4.43 Å². The zero-order chi connectivity index (χ0) is 17.8. The van der Waals surface area contributed by atoms with E-state index < -0.39 is 9.04 Å². The van der Waals surface area contributed by atoms with E-state index in [2.05, 4.69) is 49.4 Å². The molecule has 25 heavy (non-hydrogen) atoms. The average molecular weight is 349 g/mol. The minimum atomic E-state index is -0.870. The third-order valence-corrected chi connectivity index (χ3v) is 4.32. The number of aromatic nitrogens is 2. The van der Waals surface area contributed by atoms with Crippen LogP contribution in [-0.2, 0) is 7.05 Å². The summed E-state index contributed by atoms with van der Waals surface area (Å²) in [5, 5.41) is 4.30. The first-order valence-electron chi connectivity index (χ1n) is 8.25. The lowest BCUT2D eigenvalue weighted by Crippen LogP contribution is -2.11. The van der Waals surface area contributed by atoms with E-state index in [1.807, 2.05) is 43.7 Å². The van der Waals surface area contributed by atoms with Crippen LogP contribution in [0.4, 0.5) is 5.69 Å². The van der Waals surface area contributed by atoms with Crippen molar-refractivity contribution in [2.75, 3.05) is 0 Å². The minimum absolute atomic E-state index is 0.844. The van der Waals surface area contributed by atoms with Crippen LogP contribution >= 0.6 is 0 Å². The van der Waals surface area contributed by atoms with Crippen LogP contribution in [0.1, 0.15) is 16.7 Å². The molecule has 0 aliphatic heterocycles. The highest BCUT2D eigenvalue weighted by atomic mass is 28.3. The first-order valence-corrected chi connectivity index (χ1v) is 10.7. The van der Waals surface area contributed by atoms with Gasteiger partial charge in [0.25, 0.3) is 9.04 Å². The Balaban J connectivity index is 2.14. The average Bonchev–Trinajstić information content (AvgIpc) is 3.00. The molecule has 0 unspecified atom stereocenters. The van der Waals surface area contributed by atoms with Crippen molar-refractivity contribution >= 4 is 20.4 Å². The summed E-state index contributed by atoms with van der Waals surface area (Å²) in [4.78, 5) is 4.96. The van der Waals surface area contributed by atoms with Gasteiger partial charge in [0.05, 0.1) is 11.9 Å². The van der Waals surface area contributed by atoms with Gasteiger partial charge in [-0.05, 0) is 37.7 Å². The molecule has 0 spiro atoms.